The summed E-state index contributed by atoms with van der Waals surface area (Å²) >= 11 is 0. The average Bonchev–Trinajstić information content (AvgIpc) is 2.86. The minimum atomic E-state index is -0.426. The monoisotopic (exact) mass is 341 g/mol. The lowest BCUT2D eigenvalue weighted by atomic mass is 10.2. The molecule has 1 saturated heterocycles. The van der Waals surface area contributed by atoms with Gasteiger partial charge in [0, 0.05) is 44.1 Å². The van der Waals surface area contributed by atoms with Crippen LogP contribution < -0.4 is 0 Å². The zero-order chi connectivity index (χ0) is 17.8. The number of nitrogens with zero attached hydrogens (tertiary/aromatic N) is 3. The number of hydrogen-bond acceptors (Lipinski definition) is 3. The predicted octanol–water partition coefficient (Wildman–Crippen LogP) is 2.52. The summed E-state index contributed by atoms with van der Waals surface area (Å²) in [6.07, 6.45) is 3.96. The van der Waals surface area contributed by atoms with Crippen molar-refractivity contribution >= 4 is 11.8 Å². The number of carbonyl (C=O) groups is 2. The second kappa shape index (κ2) is 7.42. The van der Waals surface area contributed by atoms with Gasteiger partial charge in [-0.25, -0.2) is 4.39 Å². The van der Waals surface area contributed by atoms with Crippen LogP contribution in [0.3, 0.4) is 0 Å². The van der Waals surface area contributed by atoms with Gasteiger partial charge in [0.15, 0.2) is 0 Å². The highest BCUT2D eigenvalue weighted by molar-refractivity contribution is 5.95. The van der Waals surface area contributed by atoms with Crippen molar-refractivity contribution < 1.29 is 14.0 Å². The SMILES string of the molecule is Cc1cncc(C(=O)N2CCCN(C(=O)c3cccc(F)c3)CC2)c1. The maximum absolute atomic E-state index is 13.3. The fourth-order valence-corrected chi connectivity index (χ4v) is 2.98. The van der Waals surface area contributed by atoms with Crippen molar-refractivity contribution in [2.75, 3.05) is 26.2 Å². The second-order valence-corrected chi connectivity index (χ2v) is 6.20. The molecule has 0 N–H and O–H groups in total. The quantitative estimate of drug-likeness (QED) is 0.843. The molecule has 0 spiro atoms. The smallest absolute Gasteiger partial charge is 0.255 e. The standard InChI is InChI=1S/C19H20FN3O2/c1-14-10-16(13-21-12-14)19(25)23-7-3-6-22(8-9-23)18(24)15-4-2-5-17(20)11-15/h2,4-5,10-13H,3,6-9H2,1H3. The number of aromatic nitrogens is 1. The Morgan fingerprint density at radius 2 is 1.64 bits per heavy atom. The normalized spacial score (nSPS) is 15.0. The first kappa shape index (κ1) is 17.1. The van der Waals surface area contributed by atoms with Gasteiger partial charge in [-0.2, -0.15) is 0 Å². The van der Waals surface area contributed by atoms with Gasteiger partial charge in [0.25, 0.3) is 11.8 Å². The van der Waals surface area contributed by atoms with Gasteiger partial charge in [0.05, 0.1) is 5.56 Å². The first-order valence-corrected chi connectivity index (χ1v) is 8.30. The van der Waals surface area contributed by atoms with Gasteiger partial charge >= 0.3 is 0 Å². The molecule has 1 fully saturated rings. The van der Waals surface area contributed by atoms with Crippen LogP contribution in [0.1, 0.15) is 32.7 Å². The van der Waals surface area contributed by atoms with E-state index in [9.17, 15) is 14.0 Å². The molecule has 0 bridgehead atoms. The van der Waals surface area contributed by atoms with Crippen molar-refractivity contribution in [3.8, 4) is 0 Å². The molecule has 1 aromatic heterocycles. The van der Waals surface area contributed by atoms with Crippen LogP contribution in [-0.2, 0) is 0 Å². The molecule has 0 radical (unpaired) electrons. The molecule has 0 atom stereocenters. The summed E-state index contributed by atoms with van der Waals surface area (Å²) in [4.78, 5) is 32.7. The largest absolute Gasteiger partial charge is 0.337 e. The van der Waals surface area contributed by atoms with E-state index in [4.69, 9.17) is 0 Å². The van der Waals surface area contributed by atoms with E-state index >= 15 is 0 Å². The molecule has 3 rings (SSSR count). The van der Waals surface area contributed by atoms with Crippen molar-refractivity contribution in [3.05, 3.63) is 65.2 Å². The van der Waals surface area contributed by atoms with Crippen molar-refractivity contribution in [2.45, 2.75) is 13.3 Å². The van der Waals surface area contributed by atoms with Gasteiger partial charge in [-0.05, 0) is 43.2 Å². The van der Waals surface area contributed by atoms with Crippen LogP contribution in [0, 0.1) is 12.7 Å². The van der Waals surface area contributed by atoms with E-state index in [0.29, 0.717) is 43.7 Å². The molecule has 6 heteroatoms. The fourth-order valence-electron chi connectivity index (χ4n) is 2.98. The summed E-state index contributed by atoms with van der Waals surface area (Å²) in [5, 5.41) is 0. The molecular formula is C19H20FN3O2. The van der Waals surface area contributed by atoms with Crippen LogP contribution in [0.4, 0.5) is 4.39 Å². The van der Waals surface area contributed by atoms with Crippen molar-refractivity contribution in [1.82, 2.24) is 14.8 Å². The Bertz CT molecular complexity index is 728. The number of amides is 2. The number of benzene rings is 1. The number of carbonyl (C=O) groups excluding carboxylic acids is 2. The summed E-state index contributed by atoms with van der Waals surface area (Å²) in [5.41, 5.74) is 1.83. The van der Waals surface area contributed by atoms with E-state index in [1.165, 1.54) is 18.2 Å². The Balaban J connectivity index is 1.68. The zero-order valence-electron chi connectivity index (χ0n) is 14.1. The molecular weight excluding hydrogens is 321 g/mol. The highest BCUT2D eigenvalue weighted by atomic mass is 19.1. The van der Waals surface area contributed by atoms with Gasteiger partial charge in [0.2, 0.25) is 0 Å². The van der Waals surface area contributed by atoms with E-state index in [0.717, 1.165) is 5.56 Å². The van der Waals surface area contributed by atoms with Gasteiger partial charge in [0.1, 0.15) is 5.82 Å². The Morgan fingerprint density at radius 3 is 2.28 bits per heavy atom. The average molecular weight is 341 g/mol. The number of halogens is 1. The Morgan fingerprint density at radius 1 is 0.960 bits per heavy atom. The fraction of sp³-hybridized carbons (Fsp3) is 0.316. The molecule has 5 nitrogen and oxygen atoms in total. The maximum atomic E-state index is 13.3. The van der Waals surface area contributed by atoms with Gasteiger partial charge in [-0.1, -0.05) is 6.07 Å². The zero-order valence-corrected chi connectivity index (χ0v) is 14.1. The molecule has 1 aliphatic heterocycles. The first-order valence-electron chi connectivity index (χ1n) is 8.30. The molecule has 0 saturated carbocycles. The molecule has 25 heavy (non-hydrogen) atoms. The molecule has 0 aliphatic carbocycles. The summed E-state index contributed by atoms with van der Waals surface area (Å²) in [5.74, 6) is -0.702. The van der Waals surface area contributed by atoms with E-state index in [-0.39, 0.29) is 11.8 Å². The van der Waals surface area contributed by atoms with Crippen molar-refractivity contribution in [1.29, 1.82) is 0 Å². The highest BCUT2D eigenvalue weighted by Gasteiger charge is 2.23. The van der Waals surface area contributed by atoms with Crippen LogP contribution in [-0.4, -0.2) is 52.8 Å². The van der Waals surface area contributed by atoms with E-state index in [2.05, 4.69) is 4.98 Å². The topological polar surface area (TPSA) is 53.5 Å². The van der Waals surface area contributed by atoms with Crippen LogP contribution in [0.5, 0.6) is 0 Å². The minimum Gasteiger partial charge on any atom is -0.337 e. The van der Waals surface area contributed by atoms with E-state index in [1.54, 1.807) is 28.3 Å². The van der Waals surface area contributed by atoms with Gasteiger partial charge in [-0.15, -0.1) is 0 Å². The van der Waals surface area contributed by atoms with Crippen LogP contribution in [0.25, 0.3) is 0 Å². The predicted molar refractivity (Wildman–Crippen MR) is 91.8 cm³/mol. The molecule has 2 aromatic rings. The number of pyridine rings is 1. The highest BCUT2D eigenvalue weighted by Crippen LogP contribution is 2.13. The number of hydrogen-bond donors (Lipinski definition) is 0. The molecule has 0 unspecified atom stereocenters. The van der Waals surface area contributed by atoms with Crippen LogP contribution >= 0.6 is 0 Å². The third-order valence-electron chi connectivity index (χ3n) is 4.26. The molecule has 130 valence electrons. The summed E-state index contributed by atoms with van der Waals surface area (Å²) in [7, 11) is 0. The minimum absolute atomic E-state index is 0.0729. The van der Waals surface area contributed by atoms with Crippen LogP contribution in [0.2, 0.25) is 0 Å². The summed E-state index contributed by atoms with van der Waals surface area (Å²) in [6, 6.07) is 7.51. The Kier molecular flexibility index (Phi) is 5.07. The molecule has 2 amide bonds. The Labute approximate surface area is 146 Å². The summed E-state index contributed by atoms with van der Waals surface area (Å²) in [6.45, 7) is 3.91. The third kappa shape index (κ3) is 4.02. The molecule has 1 aliphatic rings. The van der Waals surface area contributed by atoms with Crippen molar-refractivity contribution in [2.24, 2.45) is 0 Å². The van der Waals surface area contributed by atoms with E-state index in [1.807, 2.05) is 13.0 Å². The lowest BCUT2D eigenvalue weighted by Crippen LogP contribution is -2.37. The number of rotatable bonds is 2. The van der Waals surface area contributed by atoms with Crippen LogP contribution in [0.15, 0.2) is 42.7 Å². The lowest BCUT2D eigenvalue weighted by molar-refractivity contribution is 0.0718. The summed E-state index contributed by atoms with van der Waals surface area (Å²) < 4.78 is 13.3. The van der Waals surface area contributed by atoms with Crippen molar-refractivity contribution in [3.63, 3.8) is 0 Å². The maximum Gasteiger partial charge on any atom is 0.255 e. The lowest BCUT2D eigenvalue weighted by Gasteiger charge is -2.22. The number of aryl methyl sites for hydroxylation is 1. The van der Waals surface area contributed by atoms with E-state index < -0.39 is 5.82 Å². The third-order valence-corrected chi connectivity index (χ3v) is 4.26. The Hall–Kier alpha value is -2.76. The van der Waals surface area contributed by atoms with Gasteiger partial charge < -0.3 is 9.80 Å². The second-order valence-electron chi connectivity index (χ2n) is 6.20. The first-order chi connectivity index (χ1) is 12.0. The molecule has 1 aromatic carbocycles. The van der Waals surface area contributed by atoms with Gasteiger partial charge in [-0.3, -0.25) is 14.6 Å². The molecule has 2 heterocycles.